The second-order valence-electron chi connectivity index (χ2n) is 2.44. The summed E-state index contributed by atoms with van der Waals surface area (Å²) in [6.45, 7) is 0. The number of alkyl halides is 2. The van der Waals surface area contributed by atoms with Gasteiger partial charge in [0.15, 0.2) is 0 Å². The van der Waals surface area contributed by atoms with E-state index in [1.54, 1.807) is 6.08 Å². The topological polar surface area (TPSA) is 26.3 Å². The number of rotatable bonds is 3. The van der Waals surface area contributed by atoms with E-state index >= 15 is 0 Å². The summed E-state index contributed by atoms with van der Waals surface area (Å²) in [7, 11) is 0. The highest BCUT2D eigenvalue weighted by Gasteiger charge is 2.02. The van der Waals surface area contributed by atoms with E-state index in [9.17, 15) is 4.79 Å². The van der Waals surface area contributed by atoms with Crippen LogP contribution >= 0.6 is 23.2 Å². The van der Waals surface area contributed by atoms with E-state index in [0.29, 0.717) is 0 Å². The molecule has 0 spiro atoms. The fraction of sp³-hybridized carbons (Fsp3) is 0.100. The van der Waals surface area contributed by atoms with Crippen molar-refractivity contribution in [3.8, 4) is 0 Å². The van der Waals surface area contributed by atoms with E-state index in [1.807, 2.05) is 30.3 Å². The summed E-state index contributed by atoms with van der Waals surface area (Å²) in [4.78, 5) is 10.9. The minimum absolute atomic E-state index is 0.566. The molecule has 0 aliphatic carbocycles. The SMILES string of the molecule is O=C(C=Cc1ccccc1)OC(Cl)Cl. The van der Waals surface area contributed by atoms with Crippen LogP contribution in [0.3, 0.4) is 0 Å². The Hall–Kier alpha value is -0.990. The number of hydrogen-bond acceptors (Lipinski definition) is 2. The first-order valence-corrected chi connectivity index (χ1v) is 4.77. The van der Waals surface area contributed by atoms with Crippen LogP contribution in [-0.4, -0.2) is 11.0 Å². The number of esters is 1. The molecule has 14 heavy (non-hydrogen) atoms. The first-order valence-electron chi connectivity index (χ1n) is 3.90. The fourth-order valence-corrected chi connectivity index (χ4v) is 1.03. The lowest BCUT2D eigenvalue weighted by molar-refractivity contribution is -0.136. The van der Waals surface area contributed by atoms with Gasteiger partial charge >= 0.3 is 5.97 Å². The monoisotopic (exact) mass is 230 g/mol. The largest absolute Gasteiger partial charge is 0.428 e. The molecule has 2 nitrogen and oxygen atoms in total. The van der Waals surface area contributed by atoms with Gasteiger partial charge in [-0.05, 0) is 11.6 Å². The molecule has 0 atom stereocenters. The zero-order valence-electron chi connectivity index (χ0n) is 7.19. The van der Waals surface area contributed by atoms with Gasteiger partial charge in [0.05, 0.1) is 0 Å². The Labute approximate surface area is 92.1 Å². The number of halogens is 2. The molecular weight excluding hydrogens is 223 g/mol. The summed E-state index contributed by atoms with van der Waals surface area (Å²) in [5, 5.41) is -1.12. The second-order valence-corrected chi connectivity index (χ2v) is 3.46. The molecule has 0 radical (unpaired) electrons. The second kappa shape index (κ2) is 5.68. The van der Waals surface area contributed by atoms with Crippen LogP contribution in [0.2, 0.25) is 0 Å². The number of carbonyl (C=O) groups excluding carboxylic acids is 1. The highest BCUT2D eigenvalue weighted by molar-refractivity contribution is 6.43. The summed E-state index contributed by atoms with van der Waals surface area (Å²) in [5.74, 6) is -0.566. The van der Waals surface area contributed by atoms with Gasteiger partial charge in [0.25, 0.3) is 5.02 Å². The highest BCUT2D eigenvalue weighted by atomic mass is 35.5. The van der Waals surface area contributed by atoms with Crippen LogP contribution < -0.4 is 0 Å². The van der Waals surface area contributed by atoms with Gasteiger partial charge in [-0.2, -0.15) is 0 Å². The third kappa shape index (κ3) is 4.30. The van der Waals surface area contributed by atoms with E-state index in [0.717, 1.165) is 5.56 Å². The zero-order chi connectivity index (χ0) is 10.4. The minimum atomic E-state index is -1.12. The van der Waals surface area contributed by atoms with Crippen LogP contribution in [0.4, 0.5) is 0 Å². The maximum Gasteiger partial charge on any atom is 0.333 e. The fourth-order valence-electron chi connectivity index (χ4n) is 0.856. The maximum absolute atomic E-state index is 10.9. The number of benzene rings is 1. The molecule has 0 aliphatic heterocycles. The van der Waals surface area contributed by atoms with Crippen molar-refractivity contribution < 1.29 is 9.53 Å². The molecule has 0 bridgehead atoms. The van der Waals surface area contributed by atoms with Crippen molar-refractivity contribution in [3.05, 3.63) is 42.0 Å². The third-order valence-corrected chi connectivity index (χ3v) is 1.59. The number of carbonyl (C=O) groups is 1. The Balaban J connectivity index is 2.52. The molecule has 0 saturated heterocycles. The van der Waals surface area contributed by atoms with Gasteiger partial charge in [-0.15, -0.1) is 0 Å². The quantitative estimate of drug-likeness (QED) is 0.454. The predicted octanol–water partition coefficient (Wildman–Crippen LogP) is 3.00. The first-order chi connectivity index (χ1) is 6.68. The summed E-state index contributed by atoms with van der Waals surface area (Å²) < 4.78 is 4.48. The minimum Gasteiger partial charge on any atom is -0.428 e. The Kier molecular flexibility index (Phi) is 4.50. The Morgan fingerprint density at radius 2 is 1.93 bits per heavy atom. The Morgan fingerprint density at radius 3 is 2.50 bits per heavy atom. The number of hydrogen-bond donors (Lipinski definition) is 0. The molecule has 1 aromatic carbocycles. The van der Waals surface area contributed by atoms with Crippen molar-refractivity contribution in [2.75, 3.05) is 0 Å². The molecule has 0 unspecified atom stereocenters. The summed E-state index contributed by atoms with van der Waals surface area (Å²) in [6, 6.07) is 9.36. The predicted molar refractivity (Wildman–Crippen MR) is 57.1 cm³/mol. The molecule has 0 heterocycles. The van der Waals surface area contributed by atoms with Crippen LogP contribution in [0.25, 0.3) is 6.08 Å². The van der Waals surface area contributed by atoms with Crippen molar-refractivity contribution in [1.29, 1.82) is 0 Å². The molecule has 1 aromatic rings. The molecule has 0 fully saturated rings. The van der Waals surface area contributed by atoms with E-state index in [1.165, 1.54) is 6.08 Å². The average Bonchev–Trinajstić information content (AvgIpc) is 2.15. The van der Waals surface area contributed by atoms with Crippen molar-refractivity contribution >= 4 is 35.2 Å². The van der Waals surface area contributed by atoms with Gasteiger partial charge in [-0.25, -0.2) is 4.79 Å². The normalized spacial score (nSPS) is 10.8. The molecule has 0 amide bonds. The van der Waals surface area contributed by atoms with Crippen molar-refractivity contribution in [3.63, 3.8) is 0 Å². The van der Waals surface area contributed by atoms with Crippen LogP contribution in [0, 0.1) is 0 Å². The number of ether oxygens (including phenoxy) is 1. The van der Waals surface area contributed by atoms with Crippen LogP contribution in [0.5, 0.6) is 0 Å². The van der Waals surface area contributed by atoms with Crippen molar-refractivity contribution in [2.24, 2.45) is 0 Å². The molecule has 1 rings (SSSR count). The van der Waals surface area contributed by atoms with E-state index in [2.05, 4.69) is 4.74 Å². The van der Waals surface area contributed by atoms with Crippen molar-refractivity contribution in [1.82, 2.24) is 0 Å². The summed E-state index contributed by atoms with van der Waals surface area (Å²) in [6.07, 6.45) is 2.89. The molecule has 0 aliphatic rings. The Bertz CT molecular complexity index is 320. The van der Waals surface area contributed by atoms with E-state index in [4.69, 9.17) is 23.2 Å². The van der Waals surface area contributed by atoms with Crippen LogP contribution in [0.1, 0.15) is 5.56 Å². The maximum atomic E-state index is 10.9. The summed E-state index contributed by atoms with van der Waals surface area (Å²) >= 11 is 10.5. The molecule has 0 N–H and O–H groups in total. The summed E-state index contributed by atoms with van der Waals surface area (Å²) in [5.41, 5.74) is 0.908. The van der Waals surface area contributed by atoms with Crippen molar-refractivity contribution in [2.45, 2.75) is 5.02 Å². The van der Waals surface area contributed by atoms with Gasteiger partial charge in [-0.1, -0.05) is 53.5 Å². The standard InChI is InChI=1S/C10H8Cl2O2/c11-10(12)14-9(13)7-6-8-4-2-1-3-5-8/h1-7,10H. The average molecular weight is 231 g/mol. The molecule has 0 aromatic heterocycles. The van der Waals surface area contributed by atoms with Gasteiger partial charge in [0, 0.05) is 6.08 Å². The lowest BCUT2D eigenvalue weighted by Crippen LogP contribution is -2.03. The molecular formula is C10H8Cl2O2. The van der Waals surface area contributed by atoms with Gasteiger partial charge in [0.2, 0.25) is 0 Å². The van der Waals surface area contributed by atoms with E-state index in [-0.39, 0.29) is 0 Å². The van der Waals surface area contributed by atoms with Crippen LogP contribution in [0.15, 0.2) is 36.4 Å². The Morgan fingerprint density at radius 1 is 1.29 bits per heavy atom. The molecule has 0 saturated carbocycles. The highest BCUT2D eigenvalue weighted by Crippen LogP contribution is 2.05. The molecule has 74 valence electrons. The lowest BCUT2D eigenvalue weighted by Gasteiger charge is -1.99. The first kappa shape index (κ1) is 11.1. The van der Waals surface area contributed by atoms with Gasteiger partial charge in [-0.3, -0.25) is 0 Å². The molecule has 4 heteroatoms. The van der Waals surface area contributed by atoms with E-state index < -0.39 is 11.0 Å². The smallest absolute Gasteiger partial charge is 0.333 e. The van der Waals surface area contributed by atoms with Gasteiger partial charge < -0.3 is 4.74 Å². The zero-order valence-corrected chi connectivity index (χ0v) is 8.70. The third-order valence-electron chi connectivity index (χ3n) is 1.42. The lowest BCUT2D eigenvalue weighted by atomic mass is 10.2. The van der Waals surface area contributed by atoms with Crippen LogP contribution in [-0.2, 0) is 9.53 Å². The van der Waals surface area contributed by atoms with Gasteiger partial charge in [0.1, 0.15) is 0 Å².